The van der Waals surface area contributed by atoms with Gasteiger partial charge >= 0.3 is 0 Å². The molecule has 0 saturated heterocycles. The summed E-state index contributed by atoms with van der Waals surface area (Å²) >= 11 is 0. The molecule has 0 radical (unpaired) electrons. The fraction of sp³-hybridized carbons (Fsp3) is 0.333. The van der Waals surface area contributed by atoms with Gasteiger partial charge in [0.05, 0.1) is 24.0 Å². The molecule has 0 aromatic carbocycles. The Hall–Kier alpha value is -1.62. The first-order valence-corrected chi connectivity index (χ1v) is 4.11. The van der Waals surface area contributed by atoms with E-state index in [4.69, 9.17) is 0 Å². The number of carbonyl (C=O) groups excluding carboxylic acids is 2. The quantitative estimate of drug-likeness (QED) is 0.437. The molecule has 74 valence electrons. The summed E-state index contributed by atoms with van der Waals surface area (Å²) < 4.78 is 0. The molecule has 2 aliphatic rings. The van der Waals surface area contributed by atoms with E-state index in [1.807, 2.05) is 0 Å². The molecule has 0 aromatic rings. The number of nitrogens with zero attached hydrogens (tertiary/aromatic N) is 1. The van der Waals surface area contributed by atoms with Gasteiger partial charge in [-0.1, -0.05) is 12.2 Å². The number of fused-ring (bicyclic) bond motifs is 2. The summed E-state index contributed by atoms with van der Waals surface area (Å²) in [5, 5.41) is 21.5. The van der Waals surface area contributed by atoms with Crippen LogP contribution in [0.5, 0.6) is 0 Å². The molecule has 2 bridgehead atoms. The van der Waals surface area contributed by atoms with Crippen LogP contribution in [0, 0.1) is 0 Å². The number of hydrogen-bond acceptors (Lipinski definition) is 5. The van der Waals surface area contributed by atoms with Crippen molar-refractivity contribution in [3.05, 3.63) is 23.3 Å². The minimum absolute atomic E-state index is 0.181. The summed E-state index contributed by atoms with van der Waals surface area (Å²) in [7, 11) is 1.66. The maximum absolute atomic E-state index is 10.7. The maximum Gasteiger partial charge on any atom is 0.0698 e. The third-order valence-corrected chi connectivity index (χ3v) is 2.67. The lowest BCUT2D eigenvalue weighted by Crippen LogP contribution is -2.35. The molecule has 14 heavy (non-hydrogen) atoms. The molecule has 5 nitrogen and oxygen atoms in total. The molecule has 0 aliphatic carbocycles. The zero-order valence-corrected chi connectivity index (χ0v) is 7.39. The van der Waals surface area contributed by atoms with Crippen LogP contribution in [0.3, 0.4) is 0 Å². The first-order valence-electron chi connectivity index (χ1n) is 4.11. The van der Waals surface area contributed by atoms with Crippen LogP contribution in [0.15, 0.2) is 23.3 Å². The Labute approximate surface area is 79.9 Å². The van der Waals surface area contributed by atoms with E-state index in [0.717, 1.165) is 0 Å². The maximum atomic E-state index is 10.7. The molecule has 0 saturated carbocycles. The summed E-state index contributed by atoms with van der Waals surface area (Å²) in [4.78, 5) is 23.1. The number of aliphatic carboxylic acids is 2. The second kappa shape index (κ2) is 2.68. The fourth-order valence-corrected chi connectivity index (χ4v) is 2.03. The minimum Gasteiger partial charge on any atom is -0.545 e. The lowest BCUT2D eigenvalue weighted by Gasteiger charge is -2.17. The Balaban J connectivity index is 2.51. The van der Waals surface area contributed by atoms with Crippen LogP contribution in [0.25, 0.3) is 0 Å². The van der Waals surface area contributed by atoms with E-state index in [0.29, 0.717) is 0 Å². The molecular weight excluding hydrogens is 186 g/mol. The lowest BCUT2D eigenvalue weighted by atomic mass is 9.97. The summed E-state index contributed by atoms with van der Waals surface area (Å²) in [5.41, 5.74) is -0.361. The Bertz CT molecular complexity index is 348. The normalized spacial score (nSPS) is 30.1. The van der Waals surface area contributed by atoms with Gasteiger partial charge in [-0.2, -0.15) is 0 Å². The van der Waals surface area contributed by atoms with Gasteiger partial charge in [0, 0.05) is 11.1 Å². The zero-order valence-electron chi connectivity index (χ0n) is 7.39. The van der Waals surface area contributed by atoms with Crippen LogP contribution in [0.4, 0.5) is 0 Å². The summed E-state index contributed by atoms with van der Waals surface area (Å²) in [6, 6.07) is -0.976. The smallest absolute Gasteiger partial charge is 0.0698 e. The average molecular weight is 193 g/mol. The molecule has 0 spiro atoms. The van der Waals surface area contributed by atoms with E-state index >= 15 is 0 Å². The van der Waals surface area contributed by atoms with Crippen LogP contribution in [-0.4, -0.2) is 36.0 Å². The summed E-state index contributed by atoms with van der Waals surface area (Å²) in [5.74, 6) is -2.87. The van der Waals surface area contributed by atoms with Gasteiger partial charge in [-0.25, -0.2) is 0 Å². The number of carboxylic acids is 2. The second-order valence-corrected chi connectivity index (χ2v) is 3.34. The first kappa shape index (κ1) is 8.96. The molecule has 2 rings (SSSR count). The lowest BCUT2D eigenvalue weighted by molar-refractivity contribution is -0.304. The predicted octanol–water partition coefficient (Wildman–Crippen LogP) is -2.96. The van der Waals surface area contributed by atoms with Gasteiger partial charge in [0.25, 0.3) is 0 Å². The Morgan fingerprint density at radius 3 is 1.79 bits per heavy atom. The zero-order chi connectivity index (χ0) is 10.5. The second-order valence-electron chi connectivity index (χ2n) is 3.34. The van der Waals surface area contributed by atoms with Crippen LogP contribution < -0.4 is 10.2 Å². The molecule has 2 aliphatic heterocycles. The van der Waals surface area contributed by atoms with Gasteiger partial charge in [0.15, 0.2) is 0 Å². The first-order chi connectivity index (χ1) is 6.54. The minimum atomic E-state index is -1.44. The number of rotatable bonds is 2. The molecule has 0 aromatic heterocycles. The number of likely N-dealkylation sites (N-methyl/N-ethyl adjacent to an activating group) is 1. The standard InChI is InChI=1S/C9H9NO4/c1-10-4-2-3-5(10)7(9(13)14)6(4)8(11)12/h2-5H,1H3,(H,11,12)(H,13,14)/p-2. The number of carboxylic acid groups (broad SMARTS) is 2. The molecule has 0 N–H and O–H groups in total. The van der Waals surface area contributed by atoms with E-state index in [9.17, 15) is 19.8 Å². The van der Waals surface area contributed by atoms with E-state index in [1.165, 1.54) is 0 Å². The van der Waals surface area contributed by atoms with Crippen LogP contribution in [0.1, 0.15) is 0 Å². The molecule has 2 heterocycles. The van der Waals surface area contributed by atoms with Gasteiger partial charge in [0.1, 0.15) is 0 Å². The third kappa shape index (κ3) is 0.927. The Kier molecular flexibility index (Phi) is 1.72. The highest BCUT2D eigenvalue weighted by Gasteiger charge is 2.40. The number of carbonyl (C=O) groups is 2. The third-order valence-electron chi connectivity index (χ3n) is 2.67. The van der Waals surface area contributed by atoms with Crippen LogP contribution in [-0.2, 0) is 9.59 Å². The highest BCUT2D eigenvalue weighted by molar-refractivity contribution is 6.01. The van der Waals surface area contributed by atoms with E-state index < -0.39 is 24.0 Å². The monoisotopic (exact) mass is 193 g/mol. The molecule has 0 fully saturated rings. The summed E-state index contributed by atoms with van der Waals surface area (Å²) in [6.45, 7) is 0. The molecule has 0 amide bonds. The van der Waals surface area contributed by atoms with Crippen molar-refractivity contribution in [2.45, 2.75) is 12.1 Å². The van der Waals surface area contributed by atoms with Crippen molar-refractivity contribution in [2.24, 2.45) is 0 Å². The Morgan fingerprint density at radius 1 is 1.14 bits per heavy atom. The topological polar surface area (TPSA) is 83.5 Å². The van der Waals surface area contributed by atoms with Gasteiger partial charge < -0.3 is 19.8 Å². The van der Waals surface area contributed by atoms with Gasteiger partial charge in [0.2, 0.25) is 0 Å². The van der Waals surface area contributed by atoms with Crippen LogP contribution >= 0.6 is 0 Å². The molecule has 5 heteroatoms. The highest BCUT2D eigenvalue weighted by atomic mass is 16.4. The predicted molar refractivity (Wildman–Crippen MR) is 41.5 cm³/mol. The molecule has 2 unspecified atom stereocenters. The van der Waals surface area contributed by atoms with Gasteiger partial charge in [-0.3, -0.25) is 4.90 Å². The van der Waals surface area contributed by atoms with Crippen molar-refractivity contribution < 1.29 is 19.8 Å². The van der Waals surface area contributed by atoms with Crippen LogP contribution in [0.2, 0.25) is 0 Å². The molecular formula is C9H7NO4-2. The number of hydrogen-bond donors (Lipinski definition) is 0. The van der Waals surface area contributed by atoms with Crippen molar-refractivity contribution in [3.8, 4) is 0 Å². The van der Waals surface area contributed by atoms with E-state index in [-0.39, 0.29) is 11.1 Å². The van der Waals surface area contributed by atoms with Crippen molar-refractivity contribution in [1.82, 2.24) is 4.90 Å². The Morgan fingerprint density at radius 2 is 1.50 bits per heavy atom. The summed E-state index contributed by atoms with van der Waals surface area (Å²) in [6.07, 6.45) is 3.31. The van der Waals surface area contributed by atoms with Gasteiger partial charge in [-0.15, -0.1) is 0 Å². The van der Waals surface area contributed by atoms with Crippen molar-refractivity contribution in [1.29, 1.82) is 0 Å². The van der Waals surface area contributed by atoms with Gasteiger partial charge in [-0.05, 0) is 7.05 Å². The van der Waals surface area contributed by atoms with Crippen molar-refractivity contribution >= 4 is 11.9 Å². The fourth-order valence-electron chi connectivity index (χ4n) is 2.03. The van der Waals surface area contributed by atoms with E-state index in [1.54, 1.807) is 24.1 Å². The largest absolute Gasteiger partial charge is 0.545 e. The van der Waals surface area contributed by atoms with E-state index in [2.05, 4.69) is 0 Å². The average Bonchev–Trinajstić information content (AvgIpc) is 2.58. The van der Waals surface area contributed by atoms with Crippen molar-refractivity contribution in [2.75, 3.05) is 7.05 Å². The highest BCUT2D eigenvalue weighted by Crippen LogP contribution is 2.35. The molecule has 2 atom stereocenters. The SMILES string of the molecule is CN1C2C=CC1C(C(=O)[O-])=C2C(=O)[O-]. The van der Waals surface area contributed by atoms with Crippen molar-refractivity contribution in [3.63, 3.8) is 0 Å².